The van der Waals surface area contributed by atoms with Gasteiger partial charge in [-0.25, -0.2) is 14.5 Å². The number of amides is 2. The lowest BCUT2D eigenvalue weighted by molar-refractivity contribution is -0.129. The van der Waals surface area contributed by atoms with Crippen molar-refractivity contribution >= 4 is 23.3 Å². The summed E-state index contributed by atoms with van der Waals surface area (Å²) in [6.45, 7) is 6.44. The van der Waals surface area contributed by atoms with E-state index in [0.717, 1.165) is 5.69 Å². The molecule has 10 heteroatoms. The highest BCUT2D eigenvalue weighted by Gasteiger charge is 2.45. The Hall–Kier alpha value is -3.76. The third-order valence-corrected chi connectivity index (χ3v) is 6.50. The lowest BCUT2D eigenvalue weighted by Gasteiger charge is -2.37. The van der Waals surface area contributed by atoms with Crippen molar-refractivity contribution in [3.8, 4) is 0 Å². The highest BCUT2D eigenvalue weighted by molar-refractivity contribution is 5.91. The molecular weight excluding hydrogens is 449 g/mol. The smallest absolute Gasteiger partial charge is 0.230 e. The van der Waals surface area contributed by atoms with E-state index in [2.05, 4.69) is 52.5 Å². The highest BCUT2D eigenvalue weighted by Crippen LogP contribution is 2.29. The van der Waals surface area contributed by atoms with Crippen molar-refractivity contribution in [2.45, 2.75) is 39.6 Å². The van der Waals surface area contributed by atoms with E-state index in [-0.39, 0.29) is 36.1 Å². The number of aryl methyl sites for hydroxylation is 3. The monoisotopic (exact) mass is 477 g/mol. The molecule has 0 spiro atoms. The fourth-order valence-electron chi connectivity index (χ4n) is 4.50. The number of rotatable bonds is 5. The topological polar surface area (TPSA) is 103 Å². The summed E-state index contributed by atoms with van der Waals surface area (Å²) in [6.07, 6.45) is -0.875. The summed E-state index contributed by atoms with van der Waals surface area (Å²) >= 11 is 0. The molecule has 2 amide bonds. The van der Waals surface area contributed by atoms with Gasteiger partial charge in [0.2, 0.25) is 11.8 Å². The quantitative estimate of drug-likeness (QED) is 0.450. The molecule has 35 heavy (non-hydrogen) atoms. The second-order valence-electron chi connectivity index (χ2n) is 9.10. The Balaban J connectivity index is 1.35. The van der Waals surface area contributed by atoms with Crippen molar-refractivity contribution < 1.29 is 14.0 Å². The van der Waals surface area contributed by atoms with Gasteiger partial charge in [-0.15, -0.1) is 0 Å². The van der Waals surface area contributed by atoms with Crippen LogP contribution in [0.3, 0.4) is 0 Å². The van der Waals surface area contributed by atoms with Gasteiger partial charge in [-0.1, -0.05) is 18.2 Å². The molecule has 0 aliphatic carbocycles. The number of nitrogens with zero attached hydrogens (tertiary/aromatic N) is 3. The van der Waals surface area contributed by atoms with E-state index in [1.807, 2.05) is 18.0 Å². The van der Waals surface area contributed by atoms with Gasteiger partial charge in [0.05, 0.1) is 23.7 Å². The molecule has 9 nitrogen and oxygen atoms in total. The molecule has 2 aliphatic heterocycles. The van der Waals surface area contributed by atoms with E-state index in [1.165, 1.54) is 23.3 Å². The predicted molar refractivity (Wildman–Crippen MR) is 130 cm³/mol. The summed E-state index contributed by atoms with van der Waals surface area (Å²) in [7, 11) is 0. The van der Waals surface area contributed by atoms with E-state index < -0.39 is 6.29 Å². The number of halogens is 1. The van der Waals surface area contributed by atoms with Gasteiger partial charge in [0, 0.05) is 12.6 Å². The Morgan fingerprint density at radius 3 is 2.63 bits per heavy atom. The molecule has 5 rings (SSSR count). The Kier molecular flexibility index (Phi) is 6.00. The largest absolute Gasteiger partial charge is 0.321 e. The minimum atomic E-state index is -0.660. The number of aromatic nitrogens is 2. The van der Waals surface area contributed by atoms with E-state index in [0.29, 0.717) is 23.6 Å². The van der Waals surface area contributed by atoms with Crippen LogP contribution in [0.4, 0.5) is 15.9 Å². The molecule has 2 aliphatic rings. The van der Waals surface area contributed by atoms with Crippen molar-refractivity contribution in [2.24, 2.45) is 5.92 Å². The Labute approximate surface area is 202 Å². The number of carbonyl (C=O) groups is 2. The minimum absolute atomic E-state index is 0.0874. The predicted octanol–water partition coefficient (Wildman–Crippen LogP) is 2.27. The zero-order valence-corrected chi connectivity index (χ0v) is 19.8. The number of hydrogen-bond donors (Lipinski definition) is 4. The van der Waals surface area contributed by atoms with Crippen LogP contribution < -0.4 is 26.4 Å². The first kappa shape index (κ1) is 23.0. The lowest BCUT2D eigenvalue weighted by Crippen LogP contribution is -2.61. The average molecular weight is 478 g/mol. The van der Waals surface area contributed by atoms with Gasteiger partial charge in [0.15, 0.2) is 6.29 Å². The zero-order chi connectivity index (χ0) is 24.7. The van der Waals surface area contributed by atoms with E-state index >= 15 is 0 Å². The first-order chi connectivity index (χ1) is 16.8. The molecule has 3 aromatic rings. The van der Waals surface area contributed by atoms with Crippen LogP contribution in [-0.4, -0.2) is 34.3 Å². The van der Waals surface area contributed by atoms with Crippen LogP contribution in [0.1, 0.15) is 28.7 Å². The van der Waals surface area contributed by atoms with Gasteiger partial charge >= 0.3 is 0 Å². The maximum absolute atomic E-state index is 13.2. The number of fused-ring (bicyclic) bond motifs is 1. The van der Waals surface area contributed by atoms with E-state index in [9.17, 15) is 14.0 Å². The van der Waals surface area contributed by atoms with Gasteiger partial charge in [-0.2, -0.15) is 5.10 Å². The number of benzene rings is 2. The molecule has 182 valence electrons. The van der Waals surface area contributed by atoms with Crippen LogP contribution in [0.5, 0.6) is 0 Å². The molecule has 1 aromatic heterocycles. The molecule has 4 N–H and O–H groups in total. The second kappa shape index (κ2) is 9.12. The first-order valence-corrected chi connectivity index (χ1v) is 11.6. The third kappa shape index (κ3) is 4.62. The Morgan fingerprint density at radius 2 is 1.89 bits per heavy atom. The van der Waals surface area contributed by atoms with Crippen molar-refractivity contribution in [3.05, 3.63) is 76.7 Å². The Morgan fingerprint density at radius 1 is 1.11 bits per heavy atom. The molecule has 2 fully saturated rings. The highest BCUT2D eigenvalue weighted by atomic mass is 19.1. The fourth-order valence-corrected chi connectivity index (χ4v) is 4.50. The fraction of sp³-hybridized carbons (Fsp3) is 0.320. The standard InChI is InChI=1S/C25H28FN7O2/c1-14-4-9-19(10-15(14)2)32-23-20(13-27-32)24(35)30-25(29-23)33-21(11-16(3)31-33)28-22(34)12-17-5-7-18(26)8-6-17/h4-11,20,23,25,27,29H,12-13H2,1-3H3,(H,28,34)(H,30,35). The number of hydrazine groups is 1. The number of hydrogen-bond acceptors (Lipinski definition) is 6. The molecular formula is C25H28FN7O2. The van der Waals surface area contributed by atoms with E-state index in [4.69, 9.17) is 0 Å². The lowest BCUT2D eigenvalue weighted by atomic mass is 10.0. The summed E-state index contributed by atoms with van der Waals surface area (Å²) in [5, 5.41) is 15.8. The van der Waals surface area contributed by atoms with Crippen LogP contribution >= 0.6 is 0 Å². The molecule has 2 saturated heterocycles. The molecule has 3 unspecified atom stereocenters. The van der Waals surface area contributed by atoms with Crippen LogP contribution in [-0.2, 0) is 16.0 Å². The minimum Gasteiger partial charge on any atom is -0.321 e. The molecule has 0 radical (unpaired) electrons. The summed E-state index contributed by atoms with van der Waals surface area (Å²) < 4.78 is 14.7. The number of carbonyl (C=O) groups excluding carboxylic acids is 2. The van der Waals surface area contributed by atoms with Crippen LogP contribution in [0.25, 0.3) is 0 Å². The van der Waals surface area contributed by atoms with Crippen molar-refractivity contribution in [2.75, 3.05) is 16.9 Å². The summed E-state index contributed by atoms with van der Waals surface area (Å²) in [4.78, 5) is 25.7. The number of nitrogens with one attached hydrogen (secondary N) is 4. The van der Waals surface area contributed by atoms with E-state index in [1.54, 1.807) is 22.9 Å². The van der Waals surface area contributed by atoms with Gasteiger partial charge in [-0.3, -0.25) is 19.9 Å². The molecule has 3 heterocycles. The zero-order valence-electron chi connectivity index (χ0n) is 19.8. The summed E-state index contributed by atoms with van der Waals surface area (Å²) in [5.74, 6) is -0.557. The Bertz CT molecular complexity index is 1270. The van der Waals surface area contributed by atoms with Gasteiger partial charge in [0.1, 0.15) is 17.8 Å². The second-order valence-corrected chi connectivity index (χ2v) is 9.10. The van der Waals surface area contributed by atoms with Gasteiger partial charge < -0.3 is 10.6 Å². The van der Waals surface area contributed by atoms with Crippen LogP contribution in [0.15, 0.2) is 48.5 Å². The molecule has 0 bridgehead atoms. The molecule has 0 saturated carbocycles. The number of anilines is 2. The molecule has 2 aromatic carbocycles. The van der Waals surface area contributed by atoms with Crippen LogP contribution in [0, 0.1) is 32.5 Å². The molecule has 3 atom stereocenters. The van der Waals surface area contributed by atoms with Gasteiger partial charge in [0.25, 0.3) is 0 Å². The maximum Gasteiger partial charge on any atom is 0.230 e. The summed E-state index contributed by atoms with van der Waals surface area (Å²) in [6, 6.07) is 13.7. The normalized spacial score (nSPS) is 21.5. The maximum atomic E-state index is 13.2. The SMILES string of the molecule is Cc1cc(NC(=O)Cc2ccc(F)cc2)n(C2NC(=O)C3CNN(c4ccc(C)c(C)c4)C3N2)n1. The van der Waals surface area contributed by atoms with Crippen LogP contribution in [0.2, 0.25) is 0 Å². The first-order valence-electron chi connectivity index (χ1n) is 11.6. The van der Waals surface area contributed by atoms with Crippen molar-refractivity contribution in [3.63, 3.8) is 0 Å². The van der Waals surface area contributed by atoms with Gasteiger partial charge in [-0.05, 0) is 61.7 Å². The summed E-state index contributed by atoms with van der Waals surface area (Å²) in [5.41, 5.74) is 8.04. The van der Waals surface area contributed by atoms with Crippen molar-refractivity contribution in [1.29, 1.82) is 0 Å². The average Bonchev–Trinajstić information content (AvgIpc) is 3.41. The third-order valence-electron chi connectivity index (χ3n) is 6.50. The van der Waals surface area contributed by atoms with Crippen molar-refractivity contribution in [1.82, 2.24) is 25.8 Å².